The van der Waals surface area contributed by atoms with Gasteiger partial charge in [-0.3, -0.25) is 0 Å². The molecule has 0 aliphatic rings. The molecule has 40 heavy (non-hydrogen) atoms. The summed E-state index contributed by atoms with van der Waals surface area (Å²) in [5.41, 5.74) is 4.77. The average molecular weight is 640 g/mol. The van der Waals surface area contributed by atoms with E-state index in [1.807, 2.05) is 0 Å². The average Bonchev–Trinajstić information content (AvgIpc) is 2.73. The molecule has 0 amide bonds. The Hall–Kier alpha value is -0.747. The maximum absolute atomic E-state index is 5.40. The molecule has 3 nitrogen and oxygen atoms in total. The van der Waals surface area contributed by atoms with Gasteiger partial charge in [0.25, 0.3) is 0 Å². The zero-order valence-corrected chi connectivity index (χ0v) is 32.4. The Balaban J connectivity index is 0.00000131. The summed E-state index contributed by atoms with van der Waals surface area (Å²) in [6, 6.07) is 17.1. The standard InChI is InChI=1S/C27H40N2P.C6H18NSi2.Fe/c1-19(2)22-17-14-18-23(20(3)4)24(22)28-25(21-15-12-11-13-16-21)29-30(26(5,6)7)27(8,9)10;1-8(2,3)7-9(4,5)6;/h11-20H,1-10H3;1-6H3;/q2*-1;+2. The van der Waals surface area contributed by atoms with Crippen LogP contribution in [0.3, 0.4) is 0 Å². The van der Waals surface area contributed by atoms with Gasteiger partial charge in [-0.25, -0.2) is 0 Å². The van der Waals surface area contributed by atoms with Gasteiger partial charge in [0, 0.05) is 0 Å². The molecule has 0 saturated heterocycles. The summed E-state index contributed by atoms with van der Waals surface area (Å²) in [5, 5.41) is 5.50. The van der Waals surface area contributed by atoms with Crippen molar-refractivity contribution in [2.24, 2.45) is 4.76 Å². The summed E-state index contributed by atoms with van der Waals surface area (Å²) in [4.78, 5) is 0. The molecule has 0 aliphatic heterocycles. The van der Waals surface area contributed by atoms with Crippen molar-refractivity contribution in [1.29, 1.82) is 0 Å². The van der Waals surface area contributed by atoms with E-state index >= 15 is 0 Å². The first kappa shape index (κ1) is 39.3. The number of hydrogen-bond acceptors (Lipinski definition) is 1. The zero-order valence-electron chi connectivity index (χ0n) is 28.4. The third kappa shape index (κ3) is 13.9. The monoisotopic (exact) mass is 639 g/mol. The Kier molecular flexibility index (Phi) is 15.4. The van der Waals surface area contributed by atoms with E-state index in [4.69, 9.17) is 14.7 Å². The summed E-state index contributed by atoms with van der Waals surface area (Å²) in [5.74, 6) is 1.68. The maximum atomic E-state index is 5.40. The van der Waals surface area contributed by atoms with Crippen molar-refractivity contribution in [3.63, 3.8) is 0 Å². The number of nitrogens with zero attached hydrogens (tertiary/aromatic N) is 3. The van der Waals surface area contributed by atoms with Crippen molar-refractivity contribution in [2.45, 2.75) is 131 Å². The second-order valence-corrected chi connectivity index (χ2v) is 28.2. The van der Waals surface area contributed by atoms with Crippen LogP contribution in [0.25, 0.3) is 9.96 Å². The molecule has 0 atom stereocenters. The predicted octanol–water partition coefficient (Wildman–Crippen LogP) is 12.4. The molecule has 2 aromatic rings. The second-order valence-electron chi connectivity index (χ2n) is 15.1. The maximum Gasteiger partial charge on any atom is 2.00 e. The molecular formula is C33H58FeN3PSi2. The molecule has 0 unspecified atom stereocenters. The van der Waals surface area contributed by atoms with Crippen LogP contribution in [0.2, 0.25) is 39.3 Å². The molecule has 0 heterocycles. The SMILES string of the molecule is CC(C)c1cccc(C(C)C)c1[N-]/C(=N\P(C(C)(C)C)C(C)(C)C)c1ccccc1.C[Si](C)(C)[N-][Si](C)(C)C.[Fe+2]. The number of rotatable bonds is 7. The smallest absolute Gasteiger partial charge is 0.668 e. The third-order valence-corrected chi connectivity index (χ3v) is 14.0. The van der Waals surface area contributed by atoms with Crippen molar-refractivity contribution in [3.05, 3.63) is 75.2 Å². The summed E-state index contributed by atoms with van der Waals surface area (Å²) < 4.78 is 10.2. The van der Waals surface area contributed by atoms with Gasteiger partial charge in [-0.15, -0.1) is 0 Å². The van der Waals surface area contributed by atoms with Crippen LogP contribution in [0.1, 0.15) is 97.8 Å². The van der Waals surface area contributed by atoms with Gasteiger partial charge in [0.1, 0.15) is 0 Å². The number of para-hydroxylation sites is 1. The van der Waals surface area contributed by atoms with Crippen molar-refractivity contribution in [3.8, 4) is 0 Å². The Morgan fingerprint density at radius 1 is 0.675 bits per heavy atom. The third-order valence-electron chi connectivity index (χ3n) is 5.73. The Morgan fingerprint density at radius 3 is 1.38 bits per heavy atom. The van der Waals surface area contributed by atoms with Gasteiger partial charge in [-0.05, 0) is 44.5 Å². The Morgan fingerprint density at radius 2 is 1.07 bits per heavy atom. The fraction of sp³-hybridized carbons (Fsp3) is 0.606. The summed E-state index contributed by atoms with van der Waals surface area (Å²) in [6.07, 6.45) is 0. The molecule has 7 heteroatoms. The zero-order chi connectivity index (χ0) is 30.4. The molecule has 2 rings (SSSR count). The Bertz CT molecular complexity index is 1010. The van der Waals surface area contributed by atoms with Gasteiger partial charge >= 0.3 is 17.1 Å². The molecular weight excluding hydrogens is 581 g/mol. The number of hydrogen-bond donors (Lipinski definition) is 0. The second kappa shape index (κ2) is 15.6. The minimum Gasteiger partial charge on any atom is -0.668 e. The van der Waals surface area contributed by atoms with Gasteiger partial charge in [-0.2, -0.15) is 0 Å². The minimum atomic E-state index is -1.11. The summed E-state index contributed by atoms with van der Waals surface area (Å²) in [7, 11) is -2.87. The van der Waals surface area contributed by atoms with E-state index in [0.29, 0.717) is 11.8 Å². The van der Waals surface area contributed by atoms with Gasteiger partial charge < -0.3 is 14.7 Å². The first-order valence-electron chi connectivity index (χ1n) is 14.6. The predicted molar refractivity (Wildman–Crippen MR) is 187 cm³/mol. The molecule has 0 aliphatic carbocycles. The first-order valence-corrected chi connectivity index (χ1v) is 22.7. The van der Waals surface area contributed by atoms with Crippen LogP contribution in [0.4, 0.5) is 5.69 Å². The van der Waals surface area contributed by atoms with E-state index in [1.165, 1.54) is 11.1 Å². The van der Waals surface area contributed by atoms with E-state index in [9.17, 15) is 0 Å². The van der Waals surface area contributed by atoms with Gasteiger partial charge in [0.05, 0.1) is 0 Å². The topological polar surface area (TPSA) is 40.6 Å². The number of benzene rings is 2. The molecule has 0 radical (unpaired) electrons. The van der Waals surface area contributed by atoms with Gasteiger partial charge in [0.2, 0.25) is 0 Å². The van der Waals surface area contributed by atoms with Crippen LogP contribution in [-0.4, -0.2) is 32.6 Å². The molecule has 0 spiro atoms. The number of amidine groups is 1. The van der Waals surface area contributed by atoms with Gasteiger partial charge in [-0.1, -0.05) is 187 Å². The molecule has 0 fully saturated rings. The molecule has 0 N–H and O–H groups in total. The minimum absolute atomic E-state index is 0. The first-order chi connectivity index (χ1) is 17.5. The van der Waals surface area contributed by atoms with Crippen LogP contribution in [-0.2, 0) is 17.1 Å². The van der Waals surface area contributed by atoms with E-state index in [0.717, 1.165) is 17.1 Å². The summed E-state index contributed by atoms with van der Waals surface area (Å²) >= 11 is 0. The van der Waals surface area contributed by atoms with E-state index in [2.05, 4.69) is 157 Å². The van der Waals surface area contributed by atoms with Crippen LogP contribution >= 0.6 is 8.07 Å². The van der Waals surface area contributed by atoms with Gasteiger partial charge in [0.15, 0.2) is 0 Å². The van der Waals surface area contributed by atoms with E-state index in [-0.39, 0.29) is 27.4 Å². The molecule has 226 valence electrons. The van der Waals surface area contributed by atoms with Crippen LogP contribution < -0.4 is 0 Å². The Labute approximate surface area is 262 Å². The molecule has 2 aromatic carbocycles. The van der Waals surface area contributed by atoms with Crippen molar-refractivity contribution < 1.29 is 17.1 Å². The fourth-order valence-corrected chi connectivity index (χ4v) is 15.9. The van der Waals surface area contributed by atoms with Crippen molar-refractivity contribution >= 4 is 36.1 Å². The van der Waals surface area contributed by atoms with E-state index in [1.54, 1.807) is 0 Å². The van der Waals surface area contributed by atoms with Crippen LogP contribution in [0, 0.1) is 0 Å². The van der Waals surface area contributed by atoms with Crippen LogP contribution in [0.15, 0.2) is 53.3 Å². The normalized spacial score (nSPS) is 13.2. The van der Waals surface area contributed by atoms with Crippen molar-refractivity contribution in [1.82, 2.24) is 0 Å². The molecule has 0 aromatic heterocycles. The van der Waals surface area contributed by atoms with Crippen molar-refractivity contribution in [2.75, 3.05) is 0 Å². The van der Waals surface area contributed by atoms with Crippen LogP contribution in [0.5, 0.6) is 0 Å². The molecule has 0 bridgehead atoms. The largest absolute Gasteiger partial charge is 2.00 e. The quantitative estimate of drug-likeness (QED) is 0.125. The molecule has 0 saturated carbocycles. The van der Waals surface area contributed by atoms with E-state index < -0.39 is 24.5 Å². The summed E-state index contributed by atoms with van der Waals surface area (Å²) in [6.45, 7) is 36.6. The fourth-order valence-electron chi connectivity index (χ4n) is 4.89.